The van der Waals surface area contributed by atoms with E-state index in [4.69, 9.17) is 16.3 Å². The highest BCUT2D eigenvalue weighted by atomic mass is 35.5. The molecule has 138 valence electrons. The molecule has 0 spiro atoms. The third kappa shape index (κ3) is 5.70. The zero-order valence-corrected chi connectivity index (χ0v) is 16.3. The van der Waals surface area contributed by atoms with Crippen molar-refractivity contribution in [2.75, 3.05) is 12.9 Å². The van der Waals surface area contributed by atoms with Crippen molar-refractivity contribution in [3.8, 4) is 17.0 Å². The second kappa shape index (κ2) is 9.39. The smallest absolute Gasteiger partial charge is 0.230 e. The number of hydrogen-bond donors (Lipinski definition) is 1. The van der Waals surface area contributed by atoms with Crippen molar-refractivity contribution in [1.82, 2.24) is 15.5 Å². The third-order valence-corrected chi connectivity index (χ3v) is 4.93. The molecular weight excluding hydrogens is 382 g/mol. The maximum Gasteiger partial charge on any atom is 0.230 e. The summed E-state index contributed by atoms with van der Waals surface area (Å²) in [5.74, 6) is 0.986. The number of methoxy groups -OCH3 is 1. The molecule has 0 atom stereocenters. The van der Waals surface area contributed by atoms with Crippen LogP contribution in [0.2, 0.25) is 5.02 Å². The van der Waals surface area contributed by atoms with Gasteiger partial charge in [0, 0.05) is 17.1 Å². The van der Waals surface area contributed by atoms with Gasteiger partial charge in [-0.2, -0.15) is 0 Å². The van der Waals surface area contributed by atoms with Crippen molar-refractivity contribution in [3.63, 3.8) is 0 Å². The Labute approximate surface area is 167 Å². The zero-order chi connectivity index (χ0) is 19.1. The molecule has 1 heterocycles. The Morgan fingerprint density at radius 3 is 2.63 bits per heavy atom. The molecule has 1 aromatic heterocycles. The van der Waals surface area contributed by atoms with Crippen LogP contribution in [-0.2, 0) is 11.3 Å². The highest BCUT2D eigenvalue weighted by Crippen LogP contribution is 2.23. The highest BCUT2D eigenvalue weighted by Gasteiger charge is 2.06. The molecule has 2 aromatic carbocycles. The van der Waals surface area contributed by atoms with E-state index in [1.807, 2.05) is 48.5 Å². The van der Waals surface area contributed by atoms with Crippen LogP contribution in [0.3, 0.4) is 0 Å². The molecule has 1 N–H and O–H groups in total. The van der Waals surface area contributed by atoms with Crippen LogP contribution >= 0.6 is 23.4 Å². The predicted octanol–water partition coefficient (Wildman–Crippen LogP) is 4.21. The number of rotatable bonds is 7. The van der Waals surface area contributed by atoms with Gasteiger partial charge in [-0.05, 0) is 42.0 Å². The summed E-state index contributed by atoms with van der Waals surface area (Å²) < 4.78 is 5.22. The first-order chi connectivity index (χ1) is 13.1. The first kappa shape index (κ1) is 19.2. The van der Waals surface area contributed by atoms with Crippen LogP contribution in [0.5, 0.6) is 5.75 Å². The number of ether oxygens (including phenoxy) is 1. The Kier molecular flexibility index (Phi) is 6.68. The van der Waals surface area contributed by atoms with Gasteiger partial charge in [0.2, 0.25) is 5.91 Å². The Hall–Kier alpha value is -2.57. The van der Waals surface area contributed by atoms with E-state index in [2.05, 4.69) is 15.5 Å². The largest absolute Gasteiger partial charge is 0.497 e. The molecule has 0 radical (unpaired) electrons. The number of benzene rings is 2. The lowest BCUT2D eigenvalue weighted by molar-refractivity contribution is -0.118. The van der Waals surface area contributed by atoms with E-state index in [9.17, 15) is 4.79 Å². The van der Waals surface area contributed by atoms with Crippen molar-refractivity contribution in [3.05, 3.63) is 71.2 Å². The fraction of sp³-hybridized carbons (Fsp3) is 0.150. The molecule has 0 aliphatic rings. The molecular formula is C20H18ClN3O2S. The van der Waals surface area contributed by atoms with Gasteiger partial charge in [0.15, 0.2) is 0 Å². The Balaban J connectivity index is 1.50. The Morgan fingerprint density at radius 2 is 1.93 bits per heavy atom. The first-order valence-electron chi connectivity index (χ1n) is 8.26. The standard InChI is InChI=1S/C20H18ClN3O2S/c1-26-17-4-2-3-15(11-17)18-9-10-20(24-23-18)27-13-19(25)22-12-14-5-7-16(21)8-6-14/h2-11H,12-13H2,1H3,(H,22,25). The van der Waals surface area contributed by atoms with E-state index in [1.54, 1.807) is 19.2 Å². The number of nitrogens with one attached hydrogen (secondary N) is 1. The molecule has 7 heteroatoms. The molecule has 3 rings (SSSR count). The second-order valence-corrected chi connectivity index (χ2v) is 7.11. The molecule has 0 fully saturated rings. The quantitative estimate of drug-likeness (QED) is 0.603. The number of halogens is 1. The minimum Gasteiger partial charge on any atom is -0.497 e. The van der Waals surface area contributed by atoms with Gasteiger partial charge in [-0.3, -0.25) is 4.79 Å². The van der Waals surface area contributed by atoms with Crippen molar-refractivity contribution < 1.29 is 9.53 Å². The molecule has 0 saturated heterocycles. The molecule has 0 saturated carbocycles. The normalized spacial score (nSPS) is 10.4. The number of carbonyl (C=O) groups excluding carboxylic acids is 1. The summed E-state index contributed by atoms with van der Waals surface area (Å²) in [6, 6.07) is 18.8. The first-order valence-corrected chi connectivity index (χ1v) is 9.62. The van der Waals surface area contributed by atoms with Gasteiger partial charge in [-0.1, -0.05) is 47.6 Å². The van der Waals surface area contributed by atoms with Crippen LogP contribution in [0.25, 0.3) is 11.3 Å². The second-order valence-electron chi connectivity index (χ2n) is 5.68. The van der Waals surface area contributed by atoms with Gasteiger partial charge in [-0.15, -0.1) is 10.2 Å². The Morgan fingerprint density at radius 1 is 1.11 bits per heavy atom. The minimum absolute atomic E-state index is 0.0615. The molecule has 1 amide bonds. The SMILES string of the molecule is COc1cccc(-c2ccc(SCC(=O)NCc3ccc(Cl)cc3)nn2)c1. The number of aromatic nitrogens is 2. The topological polar surface area (TPSA) is 64.1 Å². The molecule has 0 unspecified atom stereocenters. The van der Waals surface area contributed by atoms with Crippen LogP contribution in [0, 0.1) is 0 Å². The number of amides is 1. The van der Waals surface area contributed by atoms with Gasteiger partial charge in [0.25, 0.3) is 0 Å². The lowest BCUT2D eigenvalue weighted by Gasteiger charge is -2.06. The molecule has 27 heavy (non-hydrogen) atoms. The van der Waals surface area contributed by atoms with E-state index in [0.717, 1.165) is 22.6 Å². The van der Waals surface area contributed by atoms with Gasteiger partial charge >= 0.3 is 0 Å². The van der Waals surface area contributed by atoms with Gasteiger partial charge in [0.05, 0.1) is 18.6 Å². The van der Waals surface area contributed by atoms with E-state index in [-0.39, 0.29) is 11.7 Å². The number of carbonyl (C=O) groups is 1. The summed E-state index contributed by atoms with van der Waals surface area (Å²) in [6.45, 7) is 0.469. The fourth-order valence-corrected chi connectivity index (χ4v) is 3.10. The van der Waals surface area contributed by atoms with Crippen LogP contribution in [-0.4, -0.2) is 29.0 Å². The van der Waals surface area contributed by atoms with Crippen LogP contribution in [0.1, 0.15) is 5.56 Å². The van der Waals surface area contributed by atoms with Crippen LogP contribution < -0.4 is 10.1 Å². The molecule has 0 aliphatic carbocycles. The number of nitrogens with zero attached hydrogens (tertiary/aromatic N) is 2. The monoisotopic (exact) mass is 399 g/mol. The fourth-order valence-electron chi connectivity index (χ4n) is 2.33. The summed E-state index contributed by atoms with van der Waals surface area (Å²) >= 11 is 7.19. The predicted molar refractivity (Wildman–Crippen MR) is 108 cm³/mol. The zero-order valence-electron chi connectivity index (χ0n) is 14.7. The van der Waals surface area contributed by atoms with Gasteiger partial charge in [-0.25, -0.2) is 0 Å². The van der Waals surface area contributed by atoms with E-state index >= 15 is 0 Å². The lowest BCUT2D eigenvalue weighted by atomic mass is 10.1. The number of thioether (sulfide) groups is 1. The maximum atomic E-state index is 12.0. The average Bonchev–Trinajstić information content (AvgIpc) is 2.72. The summed E-state index contributed by atoms with van der Waals surface area (Å²) in [4.78, 5) is 12.0. The molecule has 5 nitrogen and oxygen atoms in total. The van der Waals surface area contributed by atoms with Crippen molar-refractivity contribution in [2.45, 2.75) is 11.6 Å². The summed E-state index contributed by atoms with van der Waals surface area (Å²) in [6.07, 6.45) is 0. The number of hydrogen-bond acceptors (Lipinski definition) is 5. The summed E-state index contributed by atoms with van der Waals surface area (Å²) in [7, 11) is 1.63. The lowest BCUT2D eigenvalue weighted by Crippen LogP contribution is -2.24. The highest BCUT2D eigenvalue weighted by molar-refractivity contribution is 7.99. The molecule has 3 aromatic rings. The van der Waals surface area contributed by atoms with Gasteiger partial charge in [0.1, 0.15) is 10.8 Å². The van der Waals surface area contributed by atoms with E-state index in [0.29, 0.717) is 16.6 Å². The molecule has 0 aliphatic heterocycles. The minimum atomic E-state index is -0.0615. The van der Waals surface area contributed by atoms with Crippen molar-refractivity contribution in [2.24, 2.45) is 0 Å². The van der Waals surface area contributed by atoms with Crippen molar-refractivity contribution in [1.29, 1.82) is 0 Å². The van der Waals surface area contributed by atoms with Crippen LogP contribution in [0.15, 0.2) is 65.7 Å². The third-order valence-electron chi connectivity index (χ3n) is 3.76. The summed E-state index contributed by atoms with van der Waals surface area (Å²) in [5.41, 5.74) is 2.68. The average molecular weight is 400 g/mol. The van der Waals surface area contributed by atoms with E-state index < -0.39 is 0 Å². The van der Waals surface area contributed by atoms with Gasteiger partial charge < -0.3 is 10.1 Å². The van der Waals surface area contributed by atoms with Crippen molar-refractivity contribution >= 4 is 29.3 Å². The van der Waals surface area contributed by atoms with Crippen LogP contribution in [0.4, 0.5) is 0 Å². The summed E-state index contributed by atoms with van der Waals surface area (Å²) in [5, 5.41) is 12.7. The molecule has 0 bridgehead atoms. The maximum absolute atomic E-state index is 12.0. The van der Waals surface area contributed by atoms with E-state index in [1.165, 1.54) is 11.8 Å². The Bertz CT molecular complexity index is 902.